The van der Waals surface area contributed by atoms with Crippen molar-refractivity contribution >= 4 is 6.21 Å². The molecule has 0 radical (unpaired) electrons. The normalized spacial score (nSPS) is 21.1. The molecule has 2 aromatic rings. The standard InChI is InChI=1S/C15H15N3O/c1-2-5-13(6-3-1)11-15(8-4-10-17-15)9-7-14-16-12-18-19-14/h1-6,8,10,12H,7,9,11H2. The number of hydrogen-bond acceptors (Lipinski definition) is 4. The highest BCUT2D eigenvalue weighted by molar-refractivity contribution is 5.75. The first kappa shape index (κ1) is 11.8. The molecule has 4 nitrogen and oxygen atoms in total. The molecule has 0 fully saturated rings. The smallest absolute Gasteiger partial charge is 0.226 e. The van der Waals surface area contributed by atoms with E-state index in [0.717, 1.165) is 19.3 Å². The monoisotopic (exact) mass is 253 g/mol. The summed E-state index contributed by atoms with van der Waals surface area (Å²) in [6.07, 6.45) is 10.00. The second-order valence-corrected chi connectivity index (χ2v) is 4.74. The Bertz CT molecular complexity index is 561. The quantitative estimate of drug-likeness (QED) is 0.823. The number of rotatable bonds is 5. The Balaban J connectivity index is 1.73. The van der Waals surface area contributed by atoms with Gasteiger partial charge in [-0.25, -0.2) is 0 Å². The van der Waals surface area contributed by atoms with Gasteiger partial charge < -0.3 is 4.52 Å². The van der Waals surface area contributed by atoms with Crippen LogP contribution in [0.2, 0.25) is 0 Å². The lowest BCUT2D eigenvalue weighted by atomic mass is 9.87. The second kappa shape index (κ2) is 5.18. The highest BCUT2D eigenvalue weighted by atomic mass is 16.5. The number of benzene rings is 1. The maximum atomic E-state index is 5.05. The van der Waals surface area contributed by atoms with Crippen molar-refractivity contribution in [2.24, 2.45) is 4.99 Å². The molecule has 0 N–H and O–H groups in total. The summed E-state index contributed by atoms with van der Waals surface area (Å²) in [6.45, 7) is 0. The summed E-state index contributed by atoms with van der Waals surface area (Å²) in [5, 5.41) is 3.63. The minimum Gasteiger partial charge on any atom is -0.340 e. The van der Waals surface area contributed by atoms with Crippen molar-refractivity contribution in [2.45, 2.75) is 24.8 Å². The Kier molecular flexibility index (Phi) is 3.23. The maximum Gasteiger partial charge on any atom is 0.226 e. The van der Waals surface area contributed by atoms with Crippen LogP contribution in [0, 0.1) is 0 Å². The molecule has 96 valence electrons. The summed E-state index contributed by atoms with van der Waals surface area (Å²) in [4.78, 5) is 8.70. The lowest BCUT2D eigenvalue weighted by molar-refractivity contribution is 0.360. The molecule has 0 bridgehead atoms. The number of hydrogen-bond donors (Lipinski definition) is 0. The van der Waals surface area contributed by atoms with E-state index in [1.54, 1.807) is 0 Å². The van der Waals surface area contributed by atoms with Crippen molar-refractivity contribution in [1.82, 2.24) is 10.1 Å². The van der Waals surface area contributed by atoms with Crippen LogP contribution >= 0.6 is 0 Å². The van der Waals surface area contributed by atoms with Crippen LogP contribution in [0.5, 0.6) is 0 Å². The summed E-state index contributed by atoms with van der Waals surface area (Å²) in [6, 6.07) is 10.4. The number of aryl methyl sites for hydroxylation is 1. The molecule has 19 heavy (non-hydrogen) atoms. The Morgan fingerprint density at radius 2 is 2.05 bits per heavy atom. The van der Waals surface area contributed by atoms with Gasteiger partial charge in [-0.05, 0) is 18.1 Å². The molecular formula is C15H15N3O. The molecule has 0 aliphatic carbocycles. The zero-order valence-corrected chi connectivity index (χ0v) is 10.6. The molecule has 1 aromatic carbocycles. The highest BCUT2D eigenvalue weighted by Gasteiger charge is 2.28. The van der Waals surface area contributed by atoms with Crippen molar-refractivity contribution in [3.8, 4) is 0 Å². The van der Waals surface area contributed by atoms with E-state index in [1.165, 1.54) is 11.9 Å². The Morgan fingerprint density at radius 1 is 1.16 bits per heavy atom. The van der Waals surface area contributed by atoms with Gasteiger partial charge in [0.25, 0.3) is 0 Å². The van der Waals surface area contributed by atoms with Crippen molar-refractivity contribution in [1.29, 1.82) is 0 Å². The van der Waals surface area contributed by atoms with Crippen LogP contribution < -0.4 is 0 Å². The van der Waals surface area contributed by atoms with E-state index in [0.29, 0.717) is 5.89 Å². The van der Waals surface area contributed by atoms with Gasteiger partial charge >= 0.3 is 0 Å². The van der Waals surface area contributed by atoms with Crippen molar-refractivity contribution < 1.29 is 4.52 Å². The zero-order chi connectivity index (χ0) is 13.0. The third kappa shape index (κ3) is 2.78. The highest BCUT2D eigenvalue weighted by Crippen LogP contribution is 2.28. The Hall–Kier alpha value is -2.23. The van der Waals surface area contributed by atoms with E-state index in [2.05, 4.69) is 45.5 Å². The molecule has 1 aliphatic rings. The van der Waals surface area contributed by atoms with Crippen molar-refractivity contribution in [3.05, 3.63) is 60.3 Å². The summed E-state index contributed by atoms with van der Waals surface area (Å²) in [5.74, 6) is 0.669. The molecule has 1 atom stereocenters. The molecule has 1 unspecified atom stereocenters. The Labute approximate surface area is 111 Å². The first-order valence-corrected chi connectivity index (χ1v) is 6.39. The fourth-order valence-corrected chi connectivity index (χ4v) is 2.38. The average molecular weight is 253 g/mol. The number of nitrogens with zero attached hydrogens (tertiary/aromatic N) is 3. The van der Waals surface area contributed by atoms with Crippen LogP contribution in [0.3, 0.4) is 0 Å². The van der Waals surface area contributed by atoms with Crippen LogP contribution in [-0.2, 0) is 12.8 Å². The van der Waals surface area contributed by atoms with Crippen LogP contribution in [0.4, 0.5) is 0 Å². The molecule has 4 heteroatoms. The van der Waals surface area contributed by atoms with E-state index in [1.807, 2.05) is 18.4 Å². The van der Waals surface area contributed by atoms with E-state index in [-0.39, 0.29) is 5.54 Å². The van der Waals surface area contributed by atoms with Crippen molar-refractivity contribution in [3.63, 3.8) is 0 Å². The molecule has 2 heterocycles. The van der Waals surface area contributed by atoms with Gasteiger partial charge in [0.15, 0.2) is 6.33 Å². The predicted octanol–water partition coefficient (Wildman–Crippen LogP) is 2.62. The first-order valence-electron chi connectivity index (χ1n) is 6.39. The summed E-state index contributed by atoms with van der Waals surface area (Å²) >= 11 is 0. The van der Waals surface area contributed by atoms with Gasteiger partial charge in [-0.2, -0.15) is 4.98 Å². The van der Waals surface area contributed by atoms with Gasteiger partial charge in [0.1, 0.15) is 0 Å². The van der Waals surface area contributed by atoms with Gasteiger partial charge in [0, 0.05) is 19.1 Å². The largest absolute Gasteiger partial charge is 0.340 e. The van der Waals surface area contributed by atoms with Gasteiger partial charge in [-0.15, -0.1) is 0 Å². The zero-order valence-electron chi connectivity index (χ0n) is 10.6. The minimum absolute atomic E-state index is 0.171. The second-order valence-electron chi connectivity index (χ2n) is 4.74. The Morgan fingerprint density at radius 3 is 2.74 bits per heavy atom. The average Bonchev–Trinajstić information content (AvgIpc) is 3.09. The van der Waals surface area contributed by atoms with Gasteiger partial charge in [0.05, 0.1) is 5.54 Å². The van der Waals surface area contributed by atoms with Crippen LogP contribution in [0.25, 0.3) is 0 Å². The molecule has 0 amide bonds. The topological polar surface area (TPSA) is 51.3 Å². The van der Waals surface area contributed by atoms with Gasteiger partial charge in [0.2, 0.25) is 5.89 Å². The molecule has 0 saturated heterocycles. The first-order chi connectivity index (χ1) is 9.36. The fourth-order valence-electron chi connectivity index (χ4n) is 2.38. The molecular weight excluding hydrogens is 238 g/mol. The molecule has 0 spiro atoms. The third-order valence-electron chi connectivity index (χ3n) is 3.36. The lowest BCUT2D eigenvalue weighted by Crippen LogP contribution is -2.26. The fraction of sp³-hybridized carbons (Fsp3) is 0.267. The molecule has 1 aliphatic heterocycles. The molecule has 1 aromatic heterocycles. The number of aliphatic imine (C=N–C) groups is 1. The van der Waals surface area contributed by atoms with E-state index in [9.17, 15) is 0 Å². The van der Waals surface area contributed by atoms with Gasteiger partial charge in [-0.3, -0.25) is 4.99 Å². The number of aromatic nitrogens is 2. The van der Waals surface area contributed by atoms with Crippen molar-refractivity contribution in [2.75, 3.05) is 0 Å². The minimum atomic E-state index is -0.171. The summed E-state index contributed by atoms with van der Waals surface area (Å²) in [5.41, 5.74) is 1.12. The van der Waals surface area contributed by atoms with E-state index >= 15 is 0 Å². The molecule has 3 rings (SSSR count). The van der Waals surface area contributed by atoms with Crippen LogP contribution in [-0.4, -0.2) is 21.9 Å². The van der Waals surface area contributed by atoms with E-state index in [4.69, 9.17) is 4.52 Å². The lowest BCUT2D eigenvalue weighted by Gasteiger charge is -2.23. The number of allylic oxidation sites excluding steroid dienone is 1. The van der Waals surface area contributed by atoms with Crippen LogP contribution in [0.1, 0.15) is 17.9 Å². The van der Waals surface area contributed by atoms with Gasteiger partial charge in [-0.1, -0.05) is 41.6 Å². The van der Waals surface area contributed by atoms with Crippen LogP contribution in [0.15, 0.2) is 58.3 Å². The summed E-state index contributed by atoms with van der Waals surface area (Å²) in [7, 11) is 0. The third-order valence-corrected chi connectivity index (χ3v) is 3.36. The SMILES string of the molecule is C1=CC(CCc2ncno2)(Cc2ccccc2)N=C1. The maximum absolute atomic E-state index is 5.05. The van der Waals surface area contributed by atoms with E-state index < -0.39 is 0 Å². The molecule has 0 saturated carbocycles. The summed E-state index contributed by atoms with van der Waals surface area (Å²) < 4.78 is 5.05. The predicted molar refractivity (Wildman–Crippen MR) is 73.1 cm³/mol.